The van der Waals surface area contributed by atoms with Gasteiger partial charge in [0.25, 0.3) is 0 Å². The molecule has 0 saturated heterocycles. The number of hydrogen-bond donors (Lipinski definition) is 0. The predicted octanol–water partition coefficient (Wildman–Crippen LogP) is 4.27. The zero-order chi connectivity index (χ0) is 11.8. The third-order valence-corrected chi connectivity index (χ3v) is 3.49. The standard InChI is InChI=1S/C12H13BrN2S/c1-12(2,3)10-7-8(14-11(13)15-10)9-5-4-6-16-9/h4-7H,1-3H3. The maximum Gasteiger partial charge on any atom is 0.197 e. The minimum Gasteiger partial charge on any atom is -0.227 e. The molecule has 0 saturated carbocycles. The van der Waals surface area contributed by atoms with Crippen LogP contribution in [-0.2, 0) is 5.41 Å². The van der Waals surface area contributed by atoms with Crippen LogP contribution in [0.2, 0.25) is 0 Å². The van der Waals surface area contributed by atoms with Crippen LogP contribution in [0.15, 0.2) is 28.3 Å². The third-order valence-electron chi connectivity index (χ3n) is 2.24. The van der Waals surface area contributed by atoms with Gasteiger partial charge in [0, 0.05) is 5.41 Å². The highest BCUT2D eigenvalue weighted by Gasteiger charge is 2.18. The number of hydrogen-bond acceptors (Lipinski definition) is 3. The van der Waals surface area contributed by atoms with Crippen molar-refractivity contribution in [3.05, 3.63) is 34.0 Å². The number of halogens is 1. The van der Waals surface area contributed by atoms with E-state index in [1.165, 1.54) is 4.88 Å². The van der Waals surface area contributed by atoms with E-state index in [0.29, 0.717) is 4.73 Å². The summed E-state index contributed by atoms with van der Waals surface area (Å²) in [6, 6.07) is 6.18. The van der Waals surface area contributed by atoms with E-state index in [1.807, 2.05) is 6.07 Å². The van der Waals surface area contributed by atoms with Gasteiger partial charge < -0.3 is 0 Å². The molecule has 2 nitrogen and oxygen atoms in total. The van der Waals surface area contributed by atoms with Crippen molar-refractivity contribution in [3.63, 3.8) is 0 Å². The first-order valence-corrected chi connectivity index (χ1v) is 6.73. The fraction of sp³-hybridized carbons (Fsp3) is 0.333. The summed E-state index contributed by atoms with van der Waals surface area (Å²) >= 11 is 5.07. The fourth-order valence-electron chi connectivity index (χ4n) is 1.35. The average Bonchev–Trinajstić information content (AvgIpc) is 2.68. The van der Waals surface area contributed by atoms with Crippen LogP contribution >= 0.6 is 27.3 Å². The first kappa shape index (κ1) is 11.7. The van der Waals surface area contributed by atoms with Gasteiger partial charge in [-0.25, -0.2) is 9.97 Å². The Balaban J connectivity index is 2.53. The van der Waals surface area contributed by atoms with E-state index in [2.05, 4.69) is 64.2 Å². The Bertz CT molecular complexity index is 486. The van der Waals surface area contributed by atoms with Crippen molar-refractivity contribution in [3.8, 4) is 10.6 Å². The third kappa shape index (κ3) is 2.50. The second kappa shape index (κ2) is 4.26. The van der Waals surface area contributed by atoms with Crippen molar-refractivity contribution in [1.29, 1.82) is 0 Å². The van der Waals surface area contributed by atoms with Gasteiger partial charge in [0.15, 0.2) is 4.73 Å². The lowest BCUT2D eigenvalue weighted by atomic mass is 9.91. The van der Waals surface area contributed by atoms with Crippen LogP contribution in [-0.4, -0.2) is 9.97 Å². The summed E-state index contributed by atoms with van der Waals surface area (Å²) in [7, 11) is 0. The van der Waals surface area contributed by atoms with Crippen LogP contribution in [0.3, 0.4) is 0 Å². The van der Waals surface area contributed by atoms with Gasteiger partial charge >= 0.3 is 0 Å². The smallest absolute Gasteiger partial charge is 0.197 e. The van der Waals surface area contributed by atoms with Crippen LogP contribution in [0.1, 0.15) is 26.5 Å². The fourth-order valence-corrected chi connectivity index (χ4v) is 2.42. The lowest BCUT2D eigenvalue weighted by Crippen LogP contribution is -2.14. The van der Waals surface area contributed by atoms with E-state index in [-0.39, 0.29) is 5.41 Å². The summed E-state index contributed by atoms with van der Waals surface area (Å²) < 4.78 is 0.656. The number of nitrogens with zero attached hydrogens (tertiary/aromatic N) is 2. The number of thiophene rings is 1. The van der Waals surface area contributed by atoms with Crippen molar-refractivity contribution in [1.82, 2.24) is 9.97 Å². The van der Waals surface area contributed by atoms with Gasteiger partial charge in [-0.15, -0.1) is 11.3 Å². The molecule has 0 radical (unpaired) electrons. The Labute approximate surface area is 108 Å². The highest BCUT2D eigenvalue weighted by Crippen LogP contribution is 2.28. The SMILES string of the molecule is CC(C)(C)c1cc(-c2cccs2)nc(Br)n1. The van der Waals surface area contributed by atoms with Crippen molar-refractivity contribution in [2.45, 2.75) is 26.2 Å². The molecule has 2 heterocycles. The topological polar surface area (TPSA) is 25.8 Å². The van der Waals surface area contributed by atoms with Crippen LogP contribution < -0.4 is 0 Å². The molecule has 0 spiro atoms. The molecule has 0 aliphatic rings. The molecule has 2 aromatic rings. The molecule has 0 fully saturated rings. The molecule has 4 heteroatoms. The lowest BCUT2D eigenvalue weighted by Gasteiger charge is -2.18. The monoisotopic (exact) mass is 296 g/mol. The van der Waals surface area contributed by atoms with E-state index >= 15 is 0 Å². The summed E-state index contributed by atoms with van der Waals surface area (Å²) in [4.78, 5) is 10.0. The van der Waals surface area contributed by atoms with E-state index in [0.717, 1.165) is 11.4 Å². The van der Waals surface area contributed by atoms with Gasteiger partial charge in [0.1, 0.15) is 0 Å². The zero-order valence-electron chi connectivity index (χ0n) is 9.49. The molecule has 16 heavy (non-hydrogen) atoms. The highest BCUT2D eigenvalue weighted by molar-refractivity contribution is 9.10. The Hall–Kier alpha value is -0.740. The average molecular weight is 297 g/mol. The Morgan fingerprint density at radius 3 is 2.56 bits per heavy atom. The van der Waals surface area contributed by atoms with Crippen LogP contribution in [0, 0.1) is 0 Å². The Morgan fingerprint density at radius 2 is 2.00 bits per heavy atom. The first-order chi connectivity index (χ1) is 7.47. The quantitative estimate of drug-likeness (QED) is 0.735. The molecule has 0 aromatic carbocycles. The minimum absolute atomic E-state index is 0.0392. The maximum atomic E-state index is 4.43. The Morgan fingerprint density at radius 1 is 1.25 bits per heavy atom. The van der Waals surface area contributed by atoms with Crippen molar-refractivity contribution >= 4 is 27.3 Å². The van der Waals surface area contributed by atoms with Gasteiger partial charge in [-0.1, -0.05) is 26.8 Å². The molecule has 0 unspecified atom stereocenters. The summed E-state index contributed by atoms with van der Waals surface area (Å²) in [5, 5.41) is 2.06. The van der Waals surface area contributed by atoms with E-state index < -0.39 is 0 Å². The largest absolute Gasteiger partial charge is 0.227 e. The van der Waals surface area contributed by atoms with Gasteiger partial charge in [0.05, 0.1) is 16.3 Å². The minimum atomic E-state index is 0.0392. The molecular weight excluding hydrogens is 284 g/mol. The molecule has 0 amide bonds. The molecule has 84 valence electrons. The summed E-state index contributed by atoms with van der Waals surface area (Å²) in [5.74, 6) is 0. The van der Waals surface area contributed by atoms with Crippen LogP contribution in [0.25, 0.3) is 10.6 Å². The molecule has 2 rings (SSSR count). The molecule has 0 atom stereocenters. The van der Waals surface area contributed by atoms with Crippen molar-refractivity contribution in [2.75, 3.05) is 0 Å². The van der Waals surface area contributed by atoms with Crippen LogP contribution in [0.5, 0.6) is 0 Å². The maximum absolute atomic E-state index is 4.43. The summed E-state index contributed by atoms with van der Waals surface area (Å²) in [6.45, 7) is 6.46. The van der Waals surface area contributed by atoms with Gasteiger partial charge in [-0.05, 0) is 33.4 Å². The van der Waals surface area contributed by atoms with Crippen molar-refractivity contribution < 1.29 is 0 Å². The molecular formula is C12H13BrN2S. The first-order valence-electron chi connectivity index (χ1n) is 5.06. The second-order valence-electron chi connectivity index (χ2n) is 4.63. The molecule has 0 aliphatic heterocycles. The molecule has 0 bridgehead atoms. The van der Waals surface area contributed by atoms with E-state index in [4.69, 9.17) is 0 Å². The second-order valence-corrected chi connectivity index (χ2v) is 6.29. The summed E-state index contributed by atoms with van der Waals surface area (Å²) in [5.41, 5.74) is 2.08. The van der Waals surface area contributed by atoms with E-state index in [1.54, 1.807) is 11.3 Å². The van der Waals surface area contributed by atoms with Crippen molar-refractivity contribution in [2.24, 2.45) is 0 Å². The zero-order valence-corrected chi connectivity index (χ0v) is 11.9. The lowest BCUT2D eigenvalue weighted by molar-refractivity contribution is 0.565. The van der Waals surface area contributed by atoms with E-state index in [9.17, 15) is 0 Å². The highest BCUT2D eigenvalue weighted by atomic mass is 79.9. The van der Waals surface area contributed by atoms with Gasteiger partial charge in [0.2, 0.25) is 0 Å². The predicted molar refractivity (Wildman–Crippen MR) is 71.7 cm³/mol. The Kier molecular flexibility index (Phi) is 3.13. The van der Waals surface area contributed by atoms with Gasteiger partial charge in [-0.2, -0.15) is 0 Å². The summed E-state index contributed by atoms with van der Waals surface area (Å²) in [6.07, 6.45) is 0. The normalized spacial score (nSPS) is 11.8. The molecule has 0 N–H and O–H groups in total. The van der Waals surface area contributed by atoms with Gasteiger partial charge in [-0.3, -0.25) is 0 Å². The molecule has 2 aromatic heterocycles. The number of rotatable bonds is 1. The van der Waals surface area contributed by atoms with Crippen LogP contribution in [0.4, 0.5) is 0 Å². The molecule has 0 aliphatic carbocycles. The number of aromatic nitrogens is 2.